The van der Waals surface area contributed by atoms with E-state index in [2.05, 4.69) is 20.8 Å². The minimum Gasteiger partial charge on any atom is -0.320 e. The van der Waals surface area contributed by atoms with Crippen LogP contribution in [0.15, 0.2) is 36.4 Å². The molecule has 0 heterocycles. The molecule has 0 radical (unpaired) electrons. The van der Waals surface area contributed by atoms with Crippen LogP contribution in [0.25, 0.3) is 0 Å². The third kappa shape index (κ3) is 3.42. The molecule has 0 aliphatic rings. The van der Waals surface area contributed by atoms with Crippen LogP contribution in [0.1, 0.15) is 43.5 Å². The fraction of sp³-hybridized carbons (Fsp3) is 0.294. The topological polar surface area (TPSA) is 26.0 Å². The van der Waals surface area contributed by atoms with Crippen LogP contribution >= 0.6 is 11.6 Å². The van der Waals surface area contributed by atoms with Crippen LogP contribution < -0.4 is 5.73 Å². The van der Waals surface area contributed by atoms with E-state index in [-0.39, 0.29) is 16.0 Å². The predicted molar refractivity (Wildman–Crippen MR) is 82.5 cm³/mol. The Morgan fingerprint density at radius 3 is 2.10 bits per heavy atom. The number of halogens is 3. The van der Waals surface area contributed by atoms with E-state index in [1.807, 2.05) is 24.3 Å². The smallest absolute Gasteiger partial charge is 0.142 e. The maximum Gasteiger partial charge on any atom is 0.142 e. The molecule has 2 aromatic carbocycles. The second-order valence-electron chi connectivity index (χ2n) is 6.14. The van der Waals surface area contributed by atoms with E-state index in [9.17, 15) is 8.78 Å². The van der Waals surface area contributed by atoms with E-state index in [1.165, 1.54) is 0 Å². The molecular formula is C17H18ClF2N. The normalized spacial score (nSPS) is 13.3. The Kier molecular flexibility index (Phi) is 4.35. The van der Waals surface area contributed by atoms with Gasteiger partial charge in [0.2, 0.25) is 0 Å². The summed E-state index contributed by atoms with van der Waals surface area (Å²) in [7, 11) is 0. The summed E-state index contributed by atoms with van der Waals surface area (Å²) in [6.45, 7) is 6.32. The summed E-state index contributed by atoms with van der Waals surface area (Å²) in [6, 6.07) is 8.88. The summed E-state index contributed by atoms with van der Waals surface area (Å²) in [5, 5.41) is -0.244. The van der Waals surface area contributed by atoms with Crippen molar-refractivity contribution in [2.45, 2.75) is 32.2 Å². The molecular weight excluding hydrogens is 292 g/mol. The van der Waals surface area contributed by atoms with Crippen LogP contribution in [0, 0.1) is 11.6 Å². The maximum absolute atomic E-state index is 13.9. The Hall–Kier alpha value is -1.45. The lowest BCUT2D eigenvalue weighted by atomic mass is 9.86. The Balaban J connectivity index is 2.36. The van der Waals surface area contributed by atoms with Crippen molar-refractivity contribution < 1.29 is 8.78 Å². The zero-order valence-electron chi connectivity index (χ0n) is 12.3. The average Bonchev–Trinajstić information content (AvgIpc) is 2.41. The van der Waals surface area contributed by atoms with Crippen molar-refractivity contribution >= 4 is 11.6 Å². The van der Waals surface area contributed by atoms with Gasteiger partial charge in [-0.05, 0) is 28.7 Å². The summed E-state index contributed by atoms with van der Waals surface area (Å²) in [4.78, 5) is 0. The maximum atomic E-state index is 13.9. The lowest BCUT2D eigenvalue weighted by Gasteiger charge is -2.20. The van der Waals surface area contributed by atoms with Gasteiger partial charge in [0, 0.05) is 5.56 Å². The number of hydrogen-bond acceptors (Lipinski definition) is 1. The fourth-order valence-corrected chi connectivity index (χ4v) is 2.30. The summed E-state index contributed by atoms with van der Waals surface area (Å²) >= 11 is 5.55. The van der Waals surface area contributed by atoms with Gasteiger partial charge in [0.05, 0.1) is 11.1 Å². The molecule has 0 saturated carbocycles. The lowest BCUT2D eigenvalue weighted by Crippen LogP contribution is -2.15. The fourth-order valence-electron chi connectivity index (χ4n) is 2.15. The van der Waals surface area contributed by atoms with Crippen LogP contribution in [-0.2, 0) is 5.41 Å². The van der Waals surface area contributed by atoms with Crippen molar-refractivity contribution in [3.63, 3.8) is 0 Å². The number of benzene rings is 2. The highest BCUT2D eigenvalue weighted by Crippen LogP contribution is 2.28. The minimum atomic E-state index is -0.731. The molecule has 112 valence electrons. The highest BCUT2D eigenvalue weighted by atomic mass is 35.5. The molecule has 2 aromatic rings. The molecule has 0 spiro atoms. The number of hydrogen-bond donors (Lipinski definition) is 1. The van der Waals surface area contributed by atoms with Gasteiger partial charge in [-0.25, -0.2) is 8.78 Å². The van der Waals surface area contributed by atoms with Crippen molar-refractivity contribution in [3.05, 3.63) is 69.7 Å². The minimum absolute atomic E-state index is 0.0280. The Morgan fingerprint density at radius 1 is 1.00 bits per heavy atom. The highest BCUT2D eigenvalue weighted by molar-refractivity contribution is 6.30. The monoisotopic (exact) mass is 309 g/mol. The zero-order chi connectivity index (χ0) is 15.8. The summed E-state index contributed by atoms with van der Waals surface area (Å²) < 4.78 is 27.4. The van der Waals surface area contributed by atoms with Crippen molar-refractivity contribution in [2.24, 2.45) is 5.73 Å². The zero-order valence-corrected chi connectivity index (χ0v) is 13.0. The molecule has 0 aliphatic carbocycles. The first kappa shape index (κ1) is 15.9. The van der Waals surface area contributed by atoms with Gasteiger partial charge in [0.25, 0.3) is 0 Å². The van der Waals surface area contributed by atoms with Crippen LogP contribution in [0.2, 0.25) is 5.02 Å². The molecule has 0 fully saturated rings. The lowest BCUT2D eigenvalue weighted by molar-refractivity contribution is 0.576. The number of rotatable bonds is 2. The molecule has 0 bridgehead atoms. The van der Waals surface area contributed by atoms with Gasteiger partial charge < -0.3 is 5.73 Å². The van der Waals surface area contributed by atoms with Gasteiger partial charge in [-0.15, -0.1) is 0 Å². The Morgan fingerprint density at radius 2 is 1.57 bits per heavy atom. The first-order chi connectivity index (χ1) is 9.70. The molecule has 21 heavy (non-hydrogen) atoms. The third-order valence-electron chi connectivity index (χ3n) is 3.51. The first-order valence-corrected chi connectivity index (χ1v) is 7.08. The van der Waals surface area contributed by atoms with Gasteiger partial charge >= 0.3 is 0 Å². The van der Waals surface area contributed by atoms with E-state index in [4.69, 9.17) is 17.3 Å². The van der Waals surface area contributed by atoms with Gasteiger partial charge in [-0.3, -0.25) is 0 Å². The number of nitrogens with two attached hydrogens (primary N) is 1. The van der Waals surface area contributed by atoms with E-state index in [1.54, 1.807) is 0 Å². The molecule has 1 unspecified atom stereocenters. The second kappa shape index (κ2) is 5.74. The quantitative estimate of drug-likeness (QED) is 0.779. The van der Waals surface area contributed by atoms with Gasteiger partial charge in [0.15, 0.2) is 0 Å². The van der Waals surface area contributed by atoms with Gasteiger partial charge in [-0.2, -0.15) is 0 Å². The highest BCUT2D eigenvalue weighted by Gasteiger charge is 2.18. The molecule has 4 heteroatoms. The van der Waals surface area contributed by atoms with E-state index >= 15 is 0 Å². The van der Waals surface area contributed by atoms with Gasteiger partial charge in [-0.1, -0.05) is 56.6 Å². The Bertz CT molecular complexity index is 645. The van der Waals surface area contributed by atoms with Crippen LogP contribution in [0.4, 0.5) is 8.78 Å². The molecule has 0 aromatic heterocycles. The largest absolute Gasteiger partial charge is 0.320 e. The average molecular weight is 310 g/mol. The standard InChI is InChI=1S/C17H18ClF2N/c1-17(2,3)11-6-4-10(5-7-11)16(21)12-8-15(20)13(18)9-14(12)19/h4-9,16H,21H2,1-3H3. The molecule has 2 rings (SSSR count). The molecule has 1 atom stereocenters. The molecule has 0 amide bonds. The van der Waals surface area contributed by atoms with E-state index in [0.717, 1.165) is 23.3 Å². The third-order valence-corrected chi connectivity index (χ3v) is 3.80. The molecule has 1 nitrogen and oxygen atoms in total. The van der Waals surface area contributed by atoms with Crippen molar-refractivity contribution in [2.75, 3.05) is 0 Å². The van der Waals surface area contributed by atoms with E-state index in [0.29, 0.717) is 0 Å². The van der Waals surface area contributed by atoms with Crippen LogP contribution in [0.3, 0.4) is 0 Å². The second-order valence-corrected chi connectivity index (χ2v) is 6.54. The summed E-state index contributed by atoms with van der Waals surface area (Å²) in [6.07, 6.45) is 0. The van der Waals surface area contributed by atoms with Crippen molar-refractivity contribution in [3.8, 4) is 0 Å². The van der Waals surface area contributed by atoms with Gasteiger partial charge in [0.1, 0.15) is 11.6 Å². The van der Waals surface area contributed by atoms with Crippen molar-refractivity contribution in [1.82, 2.24) is 0 Å². The Labute approximate surface area is 128 Å². The molecule has 0 aliphatic heterocycles. The molecule has 0 saturated heterocycles. The van der Waals surface area contributed by atoms with Crippen LogP contribution in [-0.4, -0.2) is 0 Å². The summed E-state index contributed by atoms with van der Waals surface area (Å²) in [5.74, 6) is -1.27. The van der Waals surface area contributed by atoms with E-state index < -0.39 is 17.7 Å². The molecule has 2 N–H and O–H groups in total. The van der Waals surface area contributed by atoms with Crippen LogP contribution in [0.5, 0.6) is 0 Å². The predicted octanol–water partition coefficient (Wildman–Crippen LogP) is 4.96. The SMILES string of the molecule is CC(C)(C)c1ccc(C(N)c2cc(F)c(Cl)cc2F)cc1. The summed E-state index contributed by atoms with van der Waals surface area (Å²) in [5.41, 5.74) is 8.05. The van der Waals surface area contributed by atoms with Crippen molar-refractivity contribution in [1.29, 1.82) is 0 Å². The first-order valence-electron chi connectivity index (χ1n) is 6.70.